The summed E-state index contributed by atoms with van der Waals surface area (Å²) in [5.74, 6) is 0.558. The van der Waals surface area contributed by atoms with Crippen LogP contribution >= 0.6 is 11.3 Å². The van der Waals surface area contributed by atoms with Gasteiger partial charge in [-0.1, -0.05) is 17.7 Å². The molecule has 1 fully saturated rings. The lowest BCUT2D eigenvalue weighted by molar-refractivity contribution is 0.0950. The minimum Gasteiger partial charge on any atom is -0.352 e. The number of nitrogens with zero attached hydrogens (tertiary/aromatic N) is 1. The fourth-order valence-corrected chi connectivity index (χ4v) is 3.79. The first kappa shape index (κ1) is 18.5. The van der Waals surface area contributed by atoms with Crippen LogP contribution in [0.2, 0.25) is 0 Å². The number of thiophene rings is 1. The van der Waals surface area contributed by atoms with E-state index in [2.05, 4.69) is 10.6 Å². The Morgan fingerprint density at radius 3 is 2.54 bits per heavy atom. The highest BCUT2D eigenvalue weighted by molar-refractivity contribution is 7.08. The first-order valence-corrected chi connectivity index (χ1v) is 9.99. The Morgan fingerprint density at radius 2 is 1.88 bits per heavy atom. The van der Waals surface area contributed by atoms with Crippen molar-refractivity contribution in [2.75, 3.05) is 25.0 Å². The molecule has 0 saturated carbocycles. The van der Waals surface area contributed by atoms with Gasteiger partial charge in [-0.25, -0.2) is 4.79 Å². The highest BCUT2D eigenvalue weighted by Gasteiger charge is 2.22. The zero-order valence-corrected chi connectivity index (χ0v) is 15.8. The Balaban J connectivity index is 1.36. The van der Waals surface area contributed by atoms with Gasteiger partial charge < -0.3 is 15.5 Å². The number of carbonyl (C=O) groups is 2. The van der Waals surface area contributed by atoms with Crippen LogP contribution in [-0.2, 0) is 0 Å². The molecule has 2 aromatic rings. The second-order valence-corrected chi connectivity index (χ2v) is 7.56. The van der Waals surface area contributed by atoms with Gasteiger partial charge in [-0.2, -0.15) is 11.3 Å². The number of carbonyl (C=O) groups excluding carboxylic acids is 2. The van der Waals surface area contributed by atoms with Crippen LogP contribution in [-0.4, -0.2) is 36.5 Å². The molecule has 0 atom stereocenters. The first-order chi connectivity index (χ1) is 12.6. The number of urea groups is 1. The van der Waals surface area contributed by atoms with Gasteiger partial charge in [0.1, 0.15) is 0 Å². The van der Waals surface area contributed by atoms with E-state index < -0.39 is 0 Å². The molecule has 6 heteroatoms. The van der Waals surface area contributed by atoms with Crippen molar-refractivity contribution in [3.8, 4) is 0 Å². The Hall–Kier alpha value is -2.34. The molecular formula is C20H25N3O2S. The lowest BCUT2D eigenvalue weighted by Crippen LogP contribution is -2.41. The number of benzene rings is 1. The average molecular weight is 372 g/mol. The minimum atomic E-state index is -0.0296. The number of piperidine rings is 1. The molecule has 0 aliphatic carbocycles. The van der Waals surface area contributed by atoms with E-state index in [1.807, 2.05) is 52.9 Å². The van der Waals surface area contributed by atoms with Gasteiger partial charge in [0.2, 0.25) is 0 Å². The van der Waals surface area contributed by atoms with Crippen molar-refractivity contribution in [2.45, 2.75) is 26.2 Å². The van der Waals surface area contributed by atoms with Crippen LogP contribution in [0.25, 0.3) is 0 Å². The number of rotatable bonds is 5. The van der Waals surface area contributed by atoms with Crippen LogP contribution in [0.3, 0.4) is 0 Å². The summed E-state index contributed by atoms with van der Waals surface area (Å²) in [4.78, 5) is 26.1. The maximum absolute atomic E-state index is 12.4. The number of amides is 3. The van der Waals surface area contributed by atoms with Crippen molar-refractivity contribution in [1.82, 2.24) is 10.2 Å². The largest absolute Gasteiger partial charge is 0.352 e. The zero-order chi connectivity index (χ0) is 18.4. The first-order valence-electron chi connectivity index (χ1n) is 9.05. The Bertz CT molecular complexity index is 720. The van der Waals surface area contributed by atoms with Crippen LogP contribution in [0, 0.1) is 12.8 Å². The van der Waals surface area contributed by atoms with Crippen LogP contribution in [0.4, 0.5) is 10.5 Å². The van der Waals surface area contributed by atoms with Crippen molar-refractivity contribution in [3.05, 3.63) is 52.2 Å². The summed E-state index contributed by atoms with van der Waals surface area (Å²) >= 11 is 1.53. The fraction of sp³-hybridized carbons (Fsp3) is 0.400. The molecule has 0 radical (unpaired) electrons. The summed E-state index contributed by atoms with van der Waals surface area (Å²) in [5.41, 5.74) is 2.74. The molecule has 1 aromatic heterocycles. The number of hydrogen-bond acceptors (Lipinski definition) is 3. The van der Waals surface area contributed by atoms with Gasteiger partial charge in [0, 0.05) is 36.3 Å². The number of aryl methyl sites for hydroxylation is 1. The number of likely N-dealkylation sites (tertiary alicyclic amines) is 1. The second-order valence-electron chi connectivity index (χ2n) is 6.78. The second kappa shape index (κ2) is 8.85. The third kappa shape index (κ3) is 5.08. The van der Waals surface area contributed by atoms with Gasteiger partial charge in [-0.05, 0) is 55.7 Å². The molecule has 2 N–H and O–H groups in total. The topological polar surface area (TPSA) is 61.4 Å². The van der Waals surface area contributed by atoms with Crippen molar-refractivity contribution >= 4 is 29.0 Å². The van der Waals surface area contributed by atoms with Gasteiger partial charge in [-0.3, -0.25) is 4.79 Å². The Morgan fingerprint density at radius 1 is 1.15 bits per heavy atom. The van der Waals surface area contributed by atoms with Gasteiger partial charge in [-0.15, -0.1) is 0 Å². The number of anilines is 1. The molecule has 1 aromatic carbocycles. The molecule has 1 saturated heterocycles. The number of hydrogen-bond donors (Lipinski definition) is 2. The smallest absolute Gasteiger partial charge is 0.321 e. The van der Waals surface area contributed by atoms with E-state index >= 15 is 0 Å². The summed E-state index contributed by atoms with van der Waals surface area (Å²) in [5, 5.41) is 9.71. The molecule has 26 heavy (non-hydrogen) atoms. The molecule has 138 valence electrons. The maximum Gasteiger partial charge on any atom is 0.321 e. The standard InChI is InChI=1S/C20H25N3O2S/c1-15-2-4-18(5-3-15)22-20(25)23-11-7-16(8-12-23)6-10-21-19(24)17-9-13-26-14-17/h2-5,9,13-14,16H,6-8,10-12H2,1H3,(H,21,24)(H,22,25). The zero-order valence-electron chi connectivity index (χ0n) is 15.0. The van der Waals surface area contributed by atoms with Gasteiger partial charge >= 0.3 is 6.03 Å². The fourth-order valence-electron chi connectivity index (χ4n) is 3.15. The van der Waals surface area contributed by atoms with Crippen molar-refractivity contribution < 1.29 is 9.59 Å². The van der Waals surface area contributed by atoms with E-state index in [0.717, 1.165) is 43.6 Å². The van der Waals surface area contributed by atoms with E-state index in [9.17, 15) is 9.59 Å². The molecular weight excluding hydrogens is 346 g/mol. The third-order valence-corrected chi connectivity index (χ3v) is 5.51. The predicted molar refractivity (Wildman–Crippen MR) is 106 cm³/mol. The molecule has 1 aliphatic rings. The third-order valence-electron chi connectivity index (χ3n) is 4.83. The van der Waals surface area contributed by atoms with E-state index in [1.165, 1.54) is 16.9 Å². The van der Waals surface area contributed by atoms with Crippen LogP contribution in [0.15, 0.2) is 41.1 Å². The summed E-state index contributed by atoms with van der Waals surface area (Å²) in [7, 11) is 0. The maximum atomic E-state index is 12.4. The molecule has 0 spiro atoms. The highest BCUT2D eigenvalue weighted by Crippen LogP contribution is 2.21. The van der Waals surface area contributed by atoms with Crippen LogP contribution in [0.1, 0.15) is 35.2 Å². The quantitative estimate of drug-likeness (QED) is 0.830. The summed E-state index contributed by atoms with van der Waals surface area (Å²) in [6.07, 6.45) is 2.93. The molecule has 2 heterocycles. The van der Waals surface area contributed by atoms with E-state index in [-0.39, 0.29) is 11.9 Å². The van der Waals surface area contributed by atoms with E-state index in [4.69, 9.17) is 0 Å². The Kier molecular flexibility index (Phi) is 6.28. The highest BCUT2D eigenvalue weighted by atomic mass is 32.1. The monoisotopic (exact) mass is 371 g/mol. The molecule has 0 bridgehead atoms. The van der Waals surface area contributed by atoms with Gasteiger partial charge in [0.15, 0.2) is 0 Å². The normalized spacial score (nSPS) is 14.9. The lowest BCUT2D eigenvalue weighted by Gasteiger charge is -2.32. The average Bonchev–Trinajstić information content (AvgIpc) is 3.19. The molecule has 1 aliphatic heterocycles. The van der Waals surface area contributed by atoms with Crippen molar-refractivity contribution in [1.29, 1.82) is 0 Å². The molecule has 3 amide bonds. The predicted octanol–water partition coefficient (Wildman–Crippen LogP) is 4.12. The van der Waals surface area contributed by atoms with Crippen molar-refractivity contribution in [3.63, 3.8) is 0 Å². The summed E-state index contributed by atoms with van der Waals surface area (Å²) < 4.78 is 0. The minimum absolute atomic E-state index is 0.00108. The number of nitrogens with one attached hydrogen (secondary N) is 2. The molecule has 3 rings (SSSR count). The molecule has 0 unspecified atom stereocenters. The van der Waals surface area contributed by atoms with Crippen LogP contribution in [0.5, 0.6) is 0 Å². The van der Waals surface area contributed by atoms with E-state index in [0.29, 0.717) is 12.5 Å². The Labute approximate surface area is 158 Å². The summed E-state index contributed by atoms with van der Waals surface area (Å²) in [6.45, 7) is 4.25. The van der Waals surface area contributed by atoms with Gasteiger partial charge in [0.25, 0.3) is 5.91 Å². The molecule has 5 nitrogen and oxygen atoms in total. The van der Waals surface area contributed by atoms with Crippen molar-refractivity contribution in [2.24, 2.45) is 5.92 Å². The van der Waals surface area contributed by atoms with E-state index in [1.54, 1.807) is 0 Å². The summed E-state index contributed by atoms with van der Waals surface area (Å²) in [6, 6.07) is 9.65. The van der Waals surface area contributed by atoms with Gasteiger partial charge in [0.05, 0.1) is 0 Å². The van der Waals surface area contributed by atoms with Crippen LogP contribution < -0.4 is 10.6 Å². The lowest BCUT2D eigenvalue weighted by atomic mass is 9.93. The SMILES string of the molecule is Cc1ccc(NC(=O)N2CCC(CCNC(=O)c3ccsc3)CC2)cc1.